The molecular weight excluding hydrogens is 538 g/mol. The van der Waals surface area contributed by atoms with Gasteiger partial charge in [-0.2, -0.15) is 0 Å². The molecule has 3 aliphatic carbocycles. The van der Waals surface area contributed by atoms with Gasteiger partial charge in [0.05, 0.1) is 12.7 Å². The molecule has 0 saturated heterocycles. The van der Waals surface area contributed by atoms with Crippen LogP contribution in [-0.4, -0.2) is 60.5 Å². The molecule has 0 aliphatic heterocycles. The number of aryl methyl sites for hydroxylation is 1. The zero-order valence-electron chi connectivity index (χ0n) is 26.6. The summed E-state index contributed by atoms with van der Waals surface area (Å²) in [5.74, 6) is 3.21. The van der Waals surface area contributed by atoms with E-state index in [1.54, 1.807) is 4.90 Å². The monoisotopic (exact) mass is 591 g/mol. The van der Waals surface area contributed by atoms with Crippen molar-refractivity contribution in [3.8, 4) is 11.5 Å². The SMILES string of the molecule is CCCCN(C)C(=O)COCCCCCCOc1ccc([C@H]2C[C@]3(C)[C@@H](O)CC[C@H]3[C@@H]3CCc4cc(O)ccc4[C@H]32)cc1. The normalized spacial score (nSPS) is 27.7. The standard InChI is InChI=1S/C37H53NO5/c1-4-5-20-38(3)35(41)25-42-21-8-6-7-9-22-43-29-14-10-26(11-15-29)32-24-37(2)33(18-19-34(37)40)31-16-12-27-23-28(39)13-17-30(27)36(31)32/h10-11,13-15,17,23,31-34,36,39-40H,4-9,12,16,18-22,24-25H2,1-3H3/t31-,32+,33-,34-,36+,37-/m0/s1. The number of phenols is 1. The molecule has 0 unspecified atom stereocenters. The lowest BCUT2D eigenvalue weighted by Gasteiger charge is -2.54. The van der Waals surface area contributed by atoms with Gasteiger partial charge < -0.3 is 24.6 Å². The highest BCUT2D eigenvalue weighted by molar-refractivity contribution is 5.77. The number of carbonyl (C=O) groups excluding carboxylic acids is 1. The van der Waals surface area contributed by atoms with E-state index < -0.39 is 0 Å². The van der Waals surface area contributed by atoms with E-state index in [-0.39, 0.29) is 24.0 Å². The second-order valence-electron chi connectivity index (χ2n) is 13.7. The number of nitrogens with zero attached hydrogens (tertiary/aromatic N) is 1. The number of phenolic OH excluding ortho intramolecular Hbond substituents is 1. The summed E-state index contributed by atoms with van der Waals surface area (Å²) in [6.07, 6.45) is 11.2. The smallest absolute Gasteiger partial charge is 0.248 e. The van der Waals surface area contributed by atoms with E-state index in [1.807, 2.05) is 19.2 Å². The highest BCUT2D eigenvalue weighted by Gasteiger charge is 2.57. The number of hydrogen-bond acceptors (Lipinski definition) is 5. The lowest BCUT2D eigenvalue weighted by Crippen LogP contribution is -2.47. The van der Waals surface area contributed by atoms with Gasteiger partial charge >= 0.3 is 0 Å². The lowest BCUT2D eigenvalue weighted by molar-refractivity contribution is -0.134. The molecule has 0 spiro atoms. The van der Waals surface area contributed by atoms with E-state index in [0.29, 0.717) is 42.6 Å². The van der Waals surface area contributed by atoms with Gasteiger partial charge in [0.1, 0.15) is 18.1 Å². The van der Waals surface area contributed by atoms with E-state index in [1.165, 1.54) is 16.7 Å². The number of aliphatic hydroxyl groups is 1. The molecule has 2 N–H and O–H groups in total. The number of ether oxygens (including phenoxy) is 2. The van der Waals surface area contributed by atoms with Gasteiger partial charge in [0, 0.05) is 20.2 Å². The number of aromatic hydroxyl groups is 1. The predicted octanol–water partition coefficient (Wildman–Crippen LogP) is 7.22. The number of aliphatic hydroxyl groups excluding tert-OH is 1. The Balaban J connectivity index is 1.10. The number of carbonyl (C=O) groups is 1. The van der Waals surface area contributed by atoms with E-state index in [9.17, 15) is 15.0 Å². The van der Waals surface area contributed by atoms with Crippen LogP contribution in [-0.2, 0) is 16.0 Å². The first-order valence-corrected chi connectivity index (χ1v) is 16.9. The molecule has 2 aromatic rings. The maximum absolute atomic E-state index is 12.0. The van der Waals surface area contributed by atoms with Gasteiger partial charge in [-0.15, -0.1) is 0 Å². The highest BCUT2D eigenvalue weighted by atomic mass is 16.5. The Bertz CT molecular complexity index is 1200. The van der Waals surface area contributed by atoms with Crippen LogP contribution in [0.2, 0.25) is 0 Å². The predicted molar refractivity (Wildman–Crippen MR) is 171 cm³/mol. The third kappa shape index (κ3) is 7.23. The van der Waals surface area contributed by atoms with Gasteiger partial charge in [-0.3, -0.25) is 4.79 Å². The van der Waals surface area contributed by atoms with Crippen LogP contribution in [0.1, 0.15) is 107 Å². The summed E-state index contributed by atoms with van der Waals surface area (Å²) in [5.41, 5.74) is 3.99. The molecule has 0 bridgehead atoms. The van der Waals surface area contributed by atoms with Crippen molar-refractivity contribution in [2.24, 2.45) is 17.3 Å². The Hall–Kier alpha value is -2.57. The zero-order valence-corrected chi connectivity index (χ0v) is 26.6. The first-order valence-electron chi connectivity index (χ1n) is 16.9. The summed E-state index contributed by atoms with van der Waals surface area (Å²) >= 11 is 0. The molecular formula is C37H53NO5. The van der Waals surface area contributed by atoms with Crippen LogP contribution in [0.25, 0.3) is 0 Å². The fourth-order valence-corrected chi connectivity index (χ4v) is 8.44. The average Bonchev–Trinajstić information content (AvgIpc) is 3.32. The van der Waals surface area contributed by atoms with Crippen LogP contribution in [0.5, 0.6) is 11.5 Å². The van der Waals surface area contributed by atoms with Gasteiger partial charge in [-0.25, -0.2) is 0 Å². The third-order valence-electron chi connectivity index (χ3n) is 10.9. The Morgan fingerprint density at radius 3 is 2.53 bits per heavy atom. The summed E-state index contributed by atoms with van der Waals surface area (Å²) < 4.78 is 11.7. The number of rotatable bonds is 14. The molecule has 2 aromatic carbocycles. The fourth-order valence-electron chi connectivity index (χ4n) is 8.44. The molecule has 6 atom stereocenters. The maximum atomic E-state index is 12.0. The van der Waals surface area contributed by atoms with Crippen LogP contribution in [0.15, 0.2) is 42.5 Å². The van der Waals surface area contributed by atoms with Crippen molar-refractivity contribution in [1.29, 1.82) is 0 Å². The summed E-state index contributed by atoms with van der Waals surface area (Å²) in [7, 11) is 1.85. The van der Waals surface area contributed by atoms with Crippen molar-refractivity contribution in [2.75, 3.05) is 33.4 Å². The minimum Gasteiger partial charge on any atom is -0.508 e. The van der Waals surface area contributed by atoms with Crippen molar-refractivity contribution >= 4 is 5.91 Å². The molecule has 6 nitrogen and oxygen atoms in total. The second-order valence-corrected chi connectivity index (χ2v) is 13.7. The van der Waals surface area contributed by atoms with Gasteiger partial charge in [0.2, 0.25) is 5.91 Å². The lowest BCUT2D eigenvalue weighted by atomic mass is 9.51. The Morgan fingerprint density at radius 1 is 1.00 bits per heavy atom. The molecule has 1 amide bonds. The number of hydrogen-bond donors (Lipinski definition) is 2. The summed E-state index contributed by atoms with van der Waals surface area (Å²) in [6, 6.07) is 14.7. The van der Waals surface area contributed by atoms with Gasteiger partial charge in [0.15, 0.2) is 0 Å². The van der Waals surface area contributed by atoms with E-state index >= 15 is 0 Å². The molecule has 236 valence electrons. The van der Waals surface area contributed by atoms with E-state index in [2.05, 4.69) is 44.2 Å². The first-order chi connectivity index (χ1) is 20.8. The maximum Gasteiger partial charge on any atom is 0.248 e. The summed E-state index contributed by atoms with van der Waals surface area (Å²) in [4.78, 5) is 13.8. The number of likely N-dealkylation sites (N-methyl/N-ethyl adjacent to an activating group) is 1. The molecule has 5 rings (SSSR count). The Kier molecular flexibility index (Phi) is 10.7. The molecule has 2 fully saturated rings. The largest absolute Gasteiger partial charge is 0.508 e. The molecule has 0 aromatic heterocycles. The molecule has 6 heteroatoms. The van der Waals surface area contributed by atoms with Crippen LogP contribution in [0, 0.1) is 17.3 Å². The van der Waals surface area contributed by atoms with Crippen molar-refractivity contribution < 1.29 is 24.5 Å². The van der Waals surface area contributed by atoms with Crippen molar-refractivity contribution in [3.63, 3.8) is 0 Å². The summed E-state index contributed by atoms with van der Waals surface area (Å²) in [5, 5.41) is 21.3. The van der Waals surface area contributed by atoms with E-state index in [0.717, 1.165) is 82.9 Å². The number of fused-ring (bicyclic) bond motifs is 5. The molecule has 2 saturated carbocycles. The molecule has 0 radical (unpaired) electrons. The zero-order chi connectivity index (χ0) is 30.4. The van der Waals surface area contributed by atoms with Crippen molar-refractivity contribution in [2.45, 2.75) is 102 Å². The molecule has 0 heterocycles. The van der Waals surface area contributed by atoms with Crippen molar-refractivity contribution in [1.82, 2.24) is 4.90 Å². The Labute approximate surface area is 258 Å². The fraction of sp³-hybridized carbons (Fsp3) is 0.649. The van der Waals surface area contributed by atoms with Crippen molar-refractivity contribution in [3.05, 3.63) is 59.2 Å². The minimum absolute atomic E-state index is 0.0407. The van der Waals surface area contributed by atoms with Gasteiger partial charge in [0.25, 0.3) is 0 Å². The van der Waals surface area contributed by atoms with Gasteiger partial charge in [-0.05, 0) is 128 Å². The van der Waals surface area contributed by atoms with Gasteiger partial charge in [-0.1, -0.05) is 44.9 Å². The highest BCUT2D eigenvalue weighted by Crippen LogP contribution is 2.65. The quantitative estimate of drug-likeness (QED) is 0.227. The van der Waals surface area contributed by atoms with Crippen LogP contribution in [0.3, 0.4) is 0 Å². The number of amides is 1. The summed E-state index contributed by atoms with van der Waals surface area (Å²) in [6.45, 7) is 6.76. The topological polar surface area (TPSA) is 79.2 Å². The van der Waals surface area contributed by atoms with E-state index in [4.69, 9.17) is 9.47 Å². The number of unbranched alkanes of at least 4 members (excludes halogenated alkanes) is 4. The average molecular weight is 592 g/mol. The van der Waals surface area contributed by atoms with Crippen LogP contribution < -0.4 is 4.74 Å². The van der Waals surface area contributed by atoms with Crippen LogP contribution in [0.4, 0.5) is 0 Å². The number of benzene rings is 2. The second kappa shape index (κ2) is 14.5. The molecule has 43 heavy (non-hydrogen) atoms. The first kappa shape index (κ1) is 31.8. The van der Waals surface area contributed by atoms with Crippen LogP contribution >= 0.6 is 0 Å². The molecule has 3 aliphatic rings. The Morgan fingerprint density at radius 2 is 1.77 bits per heavy atom. The minimum atomic E-state index is -0.226. The third-order valence-corrected chi connectivity index (χ3v) is 10.9.